The van der Waals surface area contributed by atoms with Crippen LogP contribution in [0.3, 0.4) is 0 Å². The lowest BCUT2D eigenvalue weighted by atomic mass is 9.80. The van der Waals surface area contributed by atoms with Gasteiger partial charge >= 0.3 is 7.12 Å². The fraction of sp³-hybridized carbons (Fsp3) is 0.222. The molecule has 3 nitrogen and oxygen atoms in total. The van der Waals surface area contributed by atoms with Crippen molar-refractivity contribution in [2.75, 3.05) is 6.54 Å². The molecule has 1 aromatic carbocycles. The van der Waals surface area contributed by atoms with Crippen LogP contribution < -0.4 is 10.8 Å². The van der Waals surface area contributed by atoms with E-state index in [9.17, 15) is 0 Å². The Kier molecular flexibility index (Phi) is 4.75. The first kappa shape index (κ1) is 11.3. The van der Waals surface area contributed by atoms with Gasteiger partial charge in [-0.05, 0) is 16.4 Å². The number of nitrogens with one attached hydrogen (secondary N) is 1. The fourth-order valence-electron chi connectivity index (χ4n) is 1.08. The van der Waals surface area contributed by atoms with E-state index in [1.165, 1.54) is 0 Å². The number of benzene rings is 1. The molecule has 0 heterocycles. The quantitative estimate of drug-likeness (QED) is 0.346. The van der Waals surface area contributed by atoms with Gasteiger partial charge in [0.15, 0.2) is 0 Å². The van der Waals surface area contributed by atoms with E-state index < -0.39 is 7.12 Å². The summed E-state index contributed by atoms with van der Waals surface area (Å²) in [6, 6.07) is 7.09. The van der Waals surface area contributed by atoms with Crippen molar-refractivity contribution in [2.24, 2.45) is 0 Å². The molecule has 0 radical (unpaired) electrons. The van der Waals surface area contributed by atoms with Gasteiger partial charge in [-0.15, -0.1) is 0 Å². The van der Waals surface area contributed by atoms with Gasteiger partial charge in [0.05, 0.1) is 0 Å². The Labute approximate surface area is 88.9 Å². The molecular formula is C9H12BNO2S. The maximum Gasteiger partial charge on any atom is 0.488 e. The second-order valence-electron chi connectivity index (χ2n) is 2.91. The Hall–Kier alpha value is -0.745. The lowest BCUT2D eigenvalue weighted by Crippen LogP contribution is -2.29. The zero-order chi connectivity index (χ0) is 10.4. The summed E-state index contributed by atoms with van der Waals surface area (Å²) < 4.78 is 0. The third kappa shape index (κ3) is 3.55. The SMILES string of the molecule is OB(O)c1ccc(CNCC=S)cc1. The van der Waals surface area contributed by atoms with Crippen LogP contribution in [0.5, 0.6) is 0 Å². The molecule has 3 N–H and O–H groups in total. The lowest BCUT2D eigenvalue weighted by molar-refractivity contribution is 0.426. The van der Waals surface area contributed by atoms with Crippen molar-refractivity contribution in [1.29, 1.82) is 0 Å². The largest absolute Gasteiger partial charge is 0.488 e. The molecule has 5 heteroatoms. The minimum atomic E-state index is -1.39. The van der Waals surface area contributed by atoms with E-state index in [4.69, 9.17) is 10.0 Å². The molecule has 0 atom stereocenters. The minimum absolute atomic E-state index is 0.503. The smallest absolute Gasteiger partial charge is 0.423 e. The van der Waals surface area contributed by atoms with E-state index >= 15 is 0 Å². The number of rotatable bonds is 5. The number of thiocarbonyl (C=S) groups is 1. The van der Waals surface area contributed by atoms with Gasteiger partial charge in [-0.1, -0.05) is 36.5 Å². The van der Waals surface area contributed by atoms with Crippen LogP contribution in [0.1, 0.15) is 5.56 Å². The monoisotopic (exact) mass is 209 g/mol. The summed E-state index contributed by atoms with van der Waals surface area (Å²) in [5.41, 5.74) is 1.59. The average Bonchev–Trinajstić information content (AvgIpc) is 2.19. The summed E-state index contributed by atoms with van der Waals surface area (Å²) in [5, 5.41) is 22.4. The van der Waals surface area contributed by atoms with Crippen LogP contribution in [0.15, 0.2) is 24.3 Å². The summed E-state index contributed by atoms with van der Waals surface area (Å²) in [6.07, 6.45) is 0. The molecule has 0 aliphatic heterocycles. The maximum atomic E-state index is 8.85. The molecule has 0 unspecified atom stereocenters. The van der Waals surface area contributed by atoms with Gasteiger partial charge in [-0.3, -0.25) is 0 Å². The van der Waals surface area contributed by atoms with Gasteiger partial charge in [0.25, 0.3) is 0 Å². The fourth-order valence-corrected chi connectivity index (χ4v) is 1.20. The van der Waals surface area contributed by atoms with E-state index in [2.05, 4.69) is 17.5 Å². The molecule has 0 saturated heterocycles. The summed E-state index contributed by atoms with van der Waals surface area (Å²) in [7, 11) is -1.39. The van der Waals surface area contributed by atoms with Crippen molar-refractivity contribution in [3.05, 3.63) is 29.8 Å². The molecule has 0 bridgehead atoms. The van der Waals surface area contributed by atoms with Crippen LogP contribution in [0.4, 0.5) is 0 Å². The van der Waals surface area contributed by atoms with Crippen LogP contribution in [0, 0.1) is 0 Å². The maximum absolute atomic E-state index is 8.85. The summed E-state index contributed by atoms with van der Waals surface area (Å²) in [6.45, 7) is 1.43. The molecule has 74 valence electrons. The van der Waals surface area contributed by atoms with Crippen LogP contribution in [-0.4, -0.2) is 29.1 Å². The first-order valence-corrected chi connectivity index (χ1v) is 4.80. The number of hydrogen-bond acceptors (Lipinski definition) is 4. The zero-order valence-corrected chi connectivity index (χ0v) is 8.50. The van der Waals surface area contributed by atoms with Crippen molar-refractivity contribution < 1.29 is 10.0 Å². The topological polar surface area (TPSA) is 52.5 Å². The van der Waals surface area contributed by atoms with E-state index in [-0.39, 0.29) is 0 Å². The van der Waals surface area contributed by atoms with E-state index in [0.717, 1.165) is 12.1 Å². The van der Waals surface area contributed by atoms with Crippen molar-refractivity contribution in [3.8, 4) is 0 Å². The third-order valence-corrected chi connectivity index (χ3v) is 2.00. The molecule has 0 saturated carbocycles. The Bertz CT molecular complexity index is 289. The highest BCUT2D eigenvalue weighted by atomic mass is 32.1. The highest BCUT2D eigenvalue weighted by Gasteiger charge is 2.09. The first-order valence-electron chi connectivity index (χ1n) is 4.33. The Morgan fingerprint density at radius 1 is 1.29 bits per heavy atom. The normalized spacial score (nSPS) is 9.86. The molecule has 0 aromatic heterocycles. The second kappa shape index (κ2) is 5.88. The molecule has 0 fully saturated rings. The summed E-state index contributed by atoms with van der Waals surface area (Å²) in [4.78, 5) is 0. The van der Waals surface area contributed by atoms with E-state index in [1.807, 2.05) is 12.1 Å². The predicted molar refractivity (Wildman–Crippen MR) is 61.6 cm³/mol. The van der Waals surface area contributed by atoms with Gasteiger partial charge in [0.1, 0.15) is 0 Å². The van der Waals surface area contributed by atoms with Crippen LogP contribution in [0.2, 0.25) is 0 Å². The molecule has 1 aromatic rings. The van der Waals surface area contributed by atoms with Crippen molar-refractivity contribution in [2.45, 2.75) is 6.54 Å². The Morgan fingerprint density at radius 3 is 2.43 bits per heavy atom. The van der Waals surface area contributed by atoms with Crippen molar-refractivity contribution >= 4 is 30.2 Å². The van der Waals surface area contributed by atoms with Crippen LogP contribution >= 0.6 is 12.2 Å². The molecule has 1 rings (SSSR count). The number of hydrogen-bond donors (Lipinski definition) is 3. The molecular weight excluding hydrogens is 197 g/mol. The van der Waals surface area contributed by atoms with E-state index in [1.54, 1.807) is 17.5 Å². The summed E-state index contributed by atoms with van der Waals surface area (Å²) in [5.74, 6) is 0. The highest BCUT2D eigenvalue weighted by Crippen LogP contribution is 1.96. The standard InChI is InChI=1S/C9H12BNO2S/c12-10(13)9-3-1-8(2-4-9)7-11-5-6-14/h1-4,6,11-13H,5,7H2. The second-order valence-corrected chi connectivity index (χ2v) is 3.25. The molecule has 0 spiro atoms. The van der Waals surface area contributed by atoms with Crippen LogP contribution in [0.25, 0.3) is 0 Å². The van der Waals surface area contributed by atoms with Gasteiger partial charge in [0.2, 0.25) is 0 Å². The molecule has 0 aliphatic rings. The molecule has 0 aliphatic carbocycles. The van der Waals surface area contributed by atoms with E-state index in [0.29, 0.717) is 12.0 Å². The van der Waals surface area contributed by atoms with Crippen molar-refractivity contribution in [1.82, 2.24) is 5.32 Å². The minimum Gasteiger partial charge on any atom is -0.423 e. The van der Waals surface area contributed by atoms with Gasteiger partial charge in [-0.25, -0.2) is 0 Å². The predicted octanol–water partition coefficient (Wildman–Crippen LogP) is -0.544. The average molecular weight is 209 g/mol. The first-order chi connectivity index (χ1) is 6.74. The Balaban J connectivity index is 2.51. The van der Waals surface area contributed by atoms with Crippen LogP contribution in [-0.2, 0) is 6.54 Å². The molecule has 14 heavy (non-hydrogen) atoms. The van der Waals surface area contributed by atoms with Gasteiger partial charge < -0.3 is 15.4 Å². The zero-order valence-electron chi connectivity index (χ0n) is 7.68. The lowest BCUT2D eigenvalue weighted by Gasteiger charge is -2.03. The van der Waals surface area contributed by atoms with Gasteiger partial charge in [-0.2, -0.15) is 0 Å². The summed E-state index contributed by atoms with van der Waals surface area (Å²) >= 11 is 4.67. The van der Waals surface area contributed by atoms with Crippen molar-refractivity contribution in [3.63, 3.8) is 0 Å². The molecule has 0 amide bonds. The highest BCUT2D eigenvalue weighted by molar-refractivity contribution is 7.79. The van der Waals surface area contributed by atoms with Gasteiger partial charge in [0, 0.05) is 13.1 Å². The Morgan fingerprint density at radius 2 is 1.93 bits per heavy atom. The third-order valence-electron chi connectivity index (χ3n) is 1.83.